The first-order valence-corrected chi connectivity index (χ1v) is 9.84. The van der Waals surface area contributed by atoms with E-state index in [1.54, 1.807) is 11.8 Å². The van der Waals surface area contributed by atoms with Gasteiger partial charge in [0.25, 0.3) is 5.91 Å². The van der Waals surface area contributed by atoms with Crippen molar-refractivity contribution in [1.29, 1.82) is 0 Å². The van der Waals surface area contributed by atoms with Crippen molar-refractivity contribution >= 4 is 34.6 Å². The van der Waals surface area contributed by atoms with E-state index in [1.807, 2.05) is 30.5 Å². The number of nitrogens with zero attached hydrogens (tertiary/aromatic N) is 3. The van der Waals surface area contributed by atoms with Crippen molar-refractivity contribution in [3.05, 3.63) is 54.4 Å². The van der Waals surface area contributed by atoms with Gasteiger partial charge < -0.3 is 15.6 Å². The molecule has 0 saturated heterocycles. The Morgan fingerprint density at radius 1 is 1.26 bits per heavy atom. The number of benzene rings is 1. The van der Waals surface area contributed by atoms with Crippen molar-refractivity contribution in [2.45, 2.75) is 12.5 Å². The van der Waals surface area contributed by atoms with Gasteiger partial charge in [-0.1, -0.05) is 12.1 Å². The smallest absolute Gasteiger partial charge is 0.271 e. The number of hydrogen-bond acceptors (Lipinski definition) is 6. The van der Waals surface area contributed by atoms with Gasteiger partial charge in [-0.25, -0.2) is 9.97 Å². The van der Waals surface area contributed by atoms with Gasteiger partial charge in [-0.2, -0.15) is 11.8 Å². The topological polar surface area (TPSA) is 113 Å². The zero-order valence-corrected chi connectivity index (χ0v) is 15.6. The van der Waals surface area contributed by atoms with Crippen LogP contribution in [0.4, 0.5) is 0 Å². The van der Waals surface area contributed by atoms with Gasteiger partial charge in [0.1, 0.15) is 11.5 Å². The Labute approximate surface area is 160 Å². The van der Waals surface area contributed by atoms with Gasteiger partial charge in [-0.05, 0) is 30.6 Å². The number of carbonyl (C=O) groups excluding carboxylic acids is 2. The summed E-state index contributed by atoms with van der Waals surface area (Å²) in [5.41, 5.74) is 1.94. The van der Waals surface area contributed by atoms with Crippen LogP contribution in [0.1, 0.15) is 28.8 Å². The molecule has 9 heteroatoms. The van der Waals surface area contributed by atoms with Crippen LogP contribution in [-0.2, 0) is 4.79 Å². The highest BCUT2D eigenvalue weighted by Crippen LogP contribution is 2.19. The molecular formula is C18H20N6O2S. The summed E-state index contributed by atoms with van der Waals surface area (Å²) < 4.78 is 0. The van der Waals surface area contributed by atoms with Crippen LogP contribution in [0.25, 0.3) is 11.0 Å². The van der Waals surface area contributed by atoms with E-state index in [2.05, 4.69) is 30.6 Å². The van der Waals surface area contributed by atoms with Crippen molar-refractivity contribution in [2.24, 2.45) is 0 Å². The SMILES string of the molecule is CSCCC(NC(=O)CNC(=O)c1cnccn1)c1nc2ccccc2[nH]1. The van der Waals surface area contributed by atoms with Gasteiger partial charge >= 0.3 is 0 Å². The van der Waals surface area contributed by atoms with Gasteiger partial charge in [-0.3, -0.25) is 14.6 Å². The van der Waals surface area contributed by atoms with Gasteiger partial charge in [0.2, 0.25) is 5.91 Å². The number of aromatic nitrogens is 4. The molecule has 3 rings (SSSR count). The molecule has 0 saturated carbocycles. The lowest BCUT2D eigenvalue weighted by atomic mass is 10.2. The van der Waals surface area contributed by atoms with Crippen LogP contribution in [0.5, 0.6) is 0 Å². The van der Waals surface area contributed by atoms with Crippen molar-refractivity contribution < 1.29 is 9.59 Å². The Kier molecular flexibility index (Phi) is 6.37. The third kappa shape index (κ3) is 5.04. The number of imidazole rings is 1. The number of amides is 2. The van der Waals surface area contributed by atoms with Crippen LogP contribution in [0, 0.1) is 0 Å². The first-order valence-electron chi connectivity index (χ1n) is 8.44. The molecule has 1 aromatic carbocycles. The van der Waals surface area contributed by atoms with Gasteiger partial charge in [0.05, 0.1) is 29.8 Å². The molecule has 140 valence electrons. The maximum atomic E-state index is 12.3. The molecule has 0 aliphatic rings. The van der Waals surface area contributed by atoms with Crippen molar-refractivity contribution in [3.8, 4) is 0 Å². The van der Waals surface area contributed by atoms with Crippen LogP contribution in [0.3, 0.4) is 0 Å². The van der Waals surface area contributed by atoms with Crippen LogP contribution in [0.15, 0.2) is 42.9 Å². The molecule has 0 fully saturated rings. The average molecular weight is 384 g/mol. The zero-order chi connectivity index (χ0) is 19.1. The van der Waals surface area contributed by atoms with E-state index in [0.717, 1.165) is 23.2 Å². The second-order valence-corrected chi connectivity index (χ2v) is 6.80. The maximum Gasteiger partial charge on any atom is 0.271 e. The lowest BCUT2D eigenvalue weighted by Crippen LogP contribution is -2.39. The summed E-state index contributed by atoms with van der Waals surface area (Å²) >= 11 is 1.70. The Hall–Kier alpha value is -2.94. The zero-order valence-electron chi connectivity index (χ0n) is 14.8. The van der Waals surface area contributed by atoms with E-state index in [4.69, 9.17) is 0 Å². The molecule has 0 aliphatic carbocycles. The van der Waals surface area contributed by atoms with E-state index >= 15 is 0 Å². The molecule has 8 nitrogen and oxygen atoms in total. The Morgan fingerprint density at radius 3 is 2.85 bits per heavy atom. The van der Waals surface area contributed by atoms with E-state index in [1.165, 1.54) is 18.6 Å². The Morgan fingerprint density at radius 2 is 2.11 bits per heavy atom. The summed E-state index contributed by atoms with van der Waals surface area (Å²) in [4.78, 5) is 39.9. The average Bonchev–Trinajstić information content (AvgIpc) is 3.14. The Balaban J connectivity index is 1.63. The standard InChI is InChI=1S/C18H20N6O2S/c1-27-9-6-14(17-23-12-4-2-3-5-13(12)24-17)22-16(25)11-21-18(26)15-10-19-7-8-20-15/h2-5,7-8,10,14H,6,9,11H2,1H3,(H,21,26)(H,22,25)(H,23,24). The molecule has 0 radical (unpaired) electrons. The quantitative estimate of drug-likeness (QED) is 0.545. The fraction of sp³-hybridized carbons (Fsp3) is 0.278. The predicted octanol–water partition coefficient (Wildman–Crippen LogP) is 1.69. The fourth-order valence-corrected chi connectivity index (χ4v) is 3.03. The number of thioether (sulfide) groups is 1. The molecule has 3 N–H and O–H groups in total. The molecule has 3 aromatic rings. The summed E-state index contributed by atoms with van der Waals surface area (Å²) in [6, 6.07) is 7.46. The fourth-order valence-electron chi connectivity index (χ4n) is 2.56. The lowest BCUT2D eigenvalue weighted by Gasteiger charge is -2.16. The van der Waals surface area contributed by atoms with E-state index in [0.29, 0.717) is 5.82 Å². The maximum absolute atomic E-state index is 12.3. The Bertz CT molecular complexity index is 881. The first kappa shape index (κ1) is 18.8. The van der Waals surface area contributed by atoms with Gasteiger partial charge in [-0.15, -0.1) is 0 Å². The van der Waals surface area contributed by atoms with Crippen molar-refractivity contribution in [2.75, 3.05) is 18.6 Å². The number of aromatic amines is 1. The largest absolute Gasteiger partial charge is 0.345 e. The number of carbonyl (C=O) groups is 2. The normalized spacial score (nSPS) is 11.9. The van der Waals surface area contributed by atoms with E-state index < -0.39 is 5.91 Å². The van der Waals surface area contributed by atoms with Crippen LogP contribution in [0.2, 0.25) is 0 Å². The lowest BCUT2D eigenvalue weighted by molar-refractivity contribution is -0.120. The van der Waals surface area contributed by atoms with E-state index in [-0.39, 0.29) is 24.2 Å². The van der Waals surface area contributed by atoms with Gasteiger partial charge in [0.15, 0.2) is 0 Å². The highest BCUT2D eigenvalue weighted by molar-refractivity contribution is 7.98. The molecule has 1 atom stereocenters. The summed E-state index contributed by atoms with van der Waals surface area (Å²) in [5.74, 6) is 0.842. The van der Waals surface area contributed by atoms with Crippen LogP contribution < -0.4 is 10.6 Å². The highest BCUT2D eigenvalue weighted by Gasteiger charge is 2.19. The minimum absolute atomic E-state index is 0.147. The number of nitrogens with one attached hydrogen (secondary N) is 3. The number of para-hydroxylation sites is 2. The second kappa shape index (κ2) is 9.13. The third-order valence-corrected chi connectivity index (χ3v) is 4.53. The third-order valence-electron chi connectivity index (χ3n) is 3.89. The predicted molar refractivity (Wildman–Crippen MR) is 104 cm³/mol. The summed E-state index contributed by atoms with van der Waals surface area (Å²) in [6.45, 7) is -0.147. The van der Waals surface area contributed by atoms with Crippen LogP contribution in [-0.4, -0.2) is 50.3 Å². The molecule has 27 heavy (non-hydrogen) atoms. The van der Waals surface area contributed by atoms with E-state index in [9.17, 15) is 9.59 Å². The molecule has 2 heterocycles. The molecular weight excluding hydrogens is 364 g/mol. The molecule has 2 amide bonds. The minimum Gasteiger partial charge on any atom is -0.345 e. The minimum atomic E-state index is -0.442. The summed E-state index contributed by atoms with van der Waals surface area (Å²) in [6.07, 6.45) is 6.99. The van der Waals surface area contributed by atoms with Crippen molar-refractivity contribution in [1.82, 2.24) is 30.6 Å². The van der Waals surface area contributed by atoms with Gasteiger partial charge in [0, 0.05) is 12.4 Å². The monoisotopic (exact) mass is 384 g/mol. The number of H-pyrrole nitrogens is 1. The summed E-state index contributed by atoms with van der Waals surface area (Å²) in [5, 5.41) is 5.49. The first-order chi connectivity index (χ1) is 13.2. The molecule has 1 unspecified atom stereocenters. The van der Waals surface area contributed by atoms with Crippen LogP contribution >= 0.6 is 11.8 Å². The number of fused-ring (bicyclic) bond motifs is 1. The molecule has 0 aliphatic heterocycles. The second-order valence-electron chi connectivity index (χ2n) is 5.81. The number of hydrogen-bond donors (Lipinski definition) is 3. The summed E-state index contributed by atoms with van der Waals surface area (Å²) in [7, 11) is 0. The van der Waals surface area contributed by atoms with Crippen molar-refractivity contribution in [3.63, 3.8) is 0 Å². The molecule has 0 spiro atoms. The molecule has 0 bridgehead atoms. The molecule has 2 aromatic heterocycles. The highest BCUT2D eigenvalue weighted by atomic mass is 32.2. The number of rotatable bonds is 8.